The van der Waals surface area contributed by atoms with Gasteiger partial charge in [-0.1, -0.05) is 18.2 Å². The van der Waals surface area contributed by atoms with E-state index in [0.717, 1.165) is 12.2 Å². The maximum atomic E-state index is 11.8. The third-order valence-corrected chi connectivity index (χ3v) is 3.95. The molecule has 0 spiro atoms. The first kappa shape index (κ1) is 10.6. The molecule has 1 aliphatic heterocycles. The topological polar surface area (TPSA) is 20.3 Å². The number of nitrogens with zero attached hydrogens (tertiary/aromatic N) is 1. The van der Waals surface area contributed by atoms with Gasteiger partial charge in [0, 0.05) is 24.7 Å². The molecule has 1 amide bonds. The number of hydrogen-bond acceptors (Lipinski definition) is 2. The zero-order chi connectivity index (χ0) is 10.8. The van der Waals surface area contributed by atoms with Crippen LogP contribution < -0.4 is 0 Å². The van der Waals surface area contributed by atoms with Crippen LogP contribution in [0.3, 0.4) is 0 Å². The summed E-state index contributed by atoms with van der Waals surface area (Å²) < 4.78 is 0. The van der Waals surface area contributed by atoms with Gasteiger partial charge in [0.2, 0.25) is 5.91 Å². The van der Waals surface area contributed by atoms with Crippen molar-refractivity contribution in [2.24, 2.45) is 5.92 Å². The van der Waals surface area contributed by atoms with Crippen LogP contribution in [0.2, 0.25) is 0 Å². The van der Waals surface area contributed by atoms with Crippen LogP contribution in [-0.2, 0) is 11.2 Å². The van der Waals surface area contributed by atoms with E-state index >= 15 is 0 Å². The van der Waals surface area contributed by atoms with Gasteiger partial charge in [-0.25, -0.2) is 0 Å². The van der Waals surface area contributed by atoms with Crippen LogP contribution in [0.15, 0.2) is 29.2 Å². The summed E-state index contributed by atoms with van der Waals surface area (Å²) in [6.45, 7) is 0. The highest BCUT2D eigenvalue weighted by molar-refractivity contribution is 7.99. The Morgan fingerprint density at radius 1 is 1.40 bits per heavy atom. The van der Waals surface area contributed by atoms with Crippen LogP contribution in [0, 0.1) is 5.92 Å². The van der Waals surface area contributed by atoms with E-state index in [9.17, 15) is 4.79 Å². The largest absolute Gasteiger partial charge is 0.349 e. The van der Waals surface area contributed by atoms with Crippen molar-refractivity contribution in [1.82, 2.24) is 4.90 Å². The first-order valence-electron chi connectivity index (χ1n) is 5.10. The molecule has 0 bridgehead atoms. The Labute approximate surface area is 94.7 Å². The van der Waals surface area contributed by atoms with Gasteiger partial charge in [-0.05, 0) is 18.1 Å². The summed E-state index contributed by atoms with van der Waals surface area (Å²) in [7, 11) is 3.65. The molecule has 2 nitrogen and oxygen atoms in total. The van der Waals surface area contributed by atoms with Crippen molar-refractivity contribution in [3.63, 3.8) is 0 Å². The fraction of sp³-hybridized carbons (Fsp3) is 0.417. The van der Waals surface area contributed by atoms with Crippen molar-refractivity contribution in [3.8, 4) is 0 Å². The number of hydrogen-bond donors (Lipinski definition) is 0. The maximum Gasteiger partial charge on any atom is 0.226 e. The minimum atomic E-state index is 0.153. The molecule has 3 heteroatoms. The summed E-state index contributed by atoms with van der Waals surface area (Å²) in [5.74, 6) is 1.31. The van der Waals surface area contributed by atoms with Gasteiger partial charge in [-0.3, -0.25) is 4.79 Å². The monoisotopic (exact) mass is 221 g/mol. The van der Waals surface area contributed by atoms with Gasteiger partial charge >= 0.3 is 0 Å². The van der Waals surface area contributed by atoms with E-state index in [4.69, 9.17) is 0 Å². The van der Waals surface area contributed by atoms with E-state index in [1.165, 1.54) is 10.5 Å². The van der Waals surface area contributed by atoms with E-state index in [1.807, 2.05) is 20.2 Å². The Morgan fingerprint density at radius 3 is 2.87 bits per heavy atom. The molecule has 0 saturated carbocycles. The van der Waals surface area contributed by atoms with Gasteiger partial charge in [-0.2, -0.15) is 0 Å². The van der Waals surface area contributed by atoms with Crippen LogP contribution in [0.25, 0.3) is 0 Å². The van der Waals surface area contributed by atoms with Crippen LogP contribution in [0.5, 0.6) is 0 Å². The summed E-state index contributed by atoms with van der Waals surface area (Å²) in [5.41, 5.74) is 1.31. The second-order valence-corrected chi connectivity index (χ2v) is 5.11. The van der Waals surface area contributed by atoms with Crippen molar-refractivity contribution in [2.45, 2.75) is 11.3 Å². The Balaban J connectivity index is 2.15. The van der Waals surface area contributed by atoms with E-state index in [2.05, 4.69) is 18.2 Å². The number of thioether (sulfide) groups is 1. The highest BCUT2D eigenvalue weighted by atomic mass is 32.2. The average Bonchev–Trinajstić information content (AvgIpc) is 2.27. The molecular weight excluding hydrogens is 206 g/mol. The predicted octanol–water partition coefficient (Wildman–Crippen LogP) is 2.04. The van der Waals surface area contributed by atoms with E-state index < -0.39 is 0 Å². The molecular formula is C12H15NOS. The van der Waals surface area contributed by atoms with Crippen molar-refractivity contribution < 1.29 is 4.79 Å². The zero-order valence-electron chi connectivity index (χ0n) is 9.06. The number of carbonyl (C=O) groups excluding carboxylic acids is 1. The molecule has 0 N–H and O–H groups in total. The lowest BCUT2D eigenvalue weighted by Crippen LogP contribution is -2.33. The van der Waals surface area contributed by atoms with Gasteiger partial charge in [0.1, 0.15) is 0 Å². The Morgan fingerprint density at radius 2 is 2.13 bits per heavy atom. The highest BCUT2D eigenvalue weighted by Gasteiger charge is 2.25. The SMILES string of the molecule is CN(C)C(=O)C1CSc2ccccc2C1. The smallest absolute Gasteiger partial charge is 0.226 e. The Kier molecular flexibility index (Phi) is 3.00. The van der Waals surface area contributed by atoms with Gasteiger partial charge in [0.15, 0.2) is 0 Å². The van der Waals surface area contributed by atoms with Crippen LogP contribution in [0.4, 0.5) is 0 Å². The number of rotatable bonds is 1. The lowest BCUT2D eigenvalue weighted by Gasteiger charge is -2.25. The summed E-state index contributed by atoms with van der Waals surface area (Å²) in [6, 6.07) is 8.36. The number of amides is 1. The number of benzene rings is 1. The van der Waals surface area contributed by atoms with Crippen molar-refractivity contribution >= 4 is 17.7 Å². The summed E-state index contributed by atoms with van der Waals surface area (Å²) >= 11 is 1.80. The van der Waals surface area contributed by atoms with E-state index in [0.29, 0.717) is 0 Å². The molecule has 1 heterocycles. The minimum Gasteiger partial charge on any atom is -0.349 e. The van der Waals surface area contributed by atoms with E-state index in [1.54, 1.807) is 16.7 Å². The van der Waals surface area contributed by atoms with Gasteiger partial charge in [0.25, 0.3) is 0 Å². The molecule has 0 radical (unpaired) electrons. The van der Waals surface area contributed by atoms with Crippen molar-refractivity contribution in [1.29, 1.82) is 0 Å². The predicted molar refractivity (Wildman–Crippen MR) is 63.1 cm³/mol. The minimum absolute atomic E-state index is 0.153. The third-order valence-electron chi connectivity index (χ3n) is 2.67. The fourth-order valence-electron chi connectivity index (χ4n) is 1.85. The fourth-order valence-corrected chi connectivity index (χ4v) is 3.00. The normalized spacial score (nSPS) is 19.5. The third kappa shape index (κ3) is 2.17. The Hall–Kier alpha value is -0.960. The van der Waals surface area contributed by atoms with Crippen LogP contribution >= 0.6 is 11.8 Å². The van der Waals surface area contributed by atoms with Crippen LogP contribution in [0.1, 0.15) is 5.56 Å². The summed E-state index contributed by atoms with van der Waals surface area (Å²) in [4.78, 5) is 14.8. The van der Waals surface area contributed by atoms with E-state index in [-0.39, 0.29) is 11.8 Å². The van der Waals surface area contributed by atoms with Gasteiger partial charge < -0.3 is 4.90 Å². The van der Waals surface area contributed by atoms with Crippen LogP contribution in [-0.4, -0.2) is 30.7 Å². The molecule has 1 aromatic rings. The Bertz CT molecular complexity index is 376. The van der Waals surface area contributed by atoms with Crippen molar-refractivity contribution in [2.75, 3.05) is 19.8 Å². The lowest BCUT2D eigenvalue weighted by atomic mass is 9.99. The molecule has 1 aliphatic rings. The molecule has 1 unspecified atom stereocenters. The zero-order valence-corrected chi connectivity index (χ0v) is 9.88. The maximum absolute atomic E-state index is 11.8. The molecule has 0 aromatic heterocycles. The molecule has 0 saturated heterocycles. The average molecular weight is 221 g/mol. The summed E-state index contributed by atoms with van der Waals surface area (Å²) in [5, 5.41) is 0. The number of fused-ring (bicyclic) bond motifs is 1. The molecule has 1 atom stereocenters. The molecule has 0 aliphatic carbocycles. The second-order valence-electron chi connectivity index (χ2n) is 4.05. The molecule has 80 valence electrons. The lowest BCUT2D eigenvalue weighted by molar-refractivity contribution is -0.132. The standard InChI is InChI=1S/C12H15NOS/c1-13(2)12(14)10-7-9-5-3-4-6-11(9)15-8-10/h3-6,10H,7-8H2,1-2H3. The summed E-state index contributed by atoms with van der Waals surface area (Å²) in [6.07, 6.45) is 0.889. The molecule has 15 heavy (non-hydrogen) atoms. The first-order chi connectivity index (χ1) is 7.18. The molecule has 1 aromatic carbocycles. The molecule has 2 rings (SSSR count). The quantitative estimate of drug-likeness (QED) is 0.723. The number of carbonyl (C=O) groups is 1. The van der Waals surface area contributed by atoms with Gasteiger partial charge in [-0.15, -0.1) is 11.8 Å². The highest BCUT2D eigenvalue weighted by Crippen LogP contribution is 2.33. The first-order valence-corrected chi connectivity index (χ1v) is 6.09. The van der Waals surface area contributed by atoms with Gasteiger partial charge in [0.05, 0.1) is 5.92 Å². The van der Waals surface area contributed by atoms with Crippen molar-refractivity contribution in [3.05, 3.63) is 29.8 Å². The second kappa shape index (κ2) is 4.27. The molecule has 0 fully saturated rings.